The number of hydrogen-bond donors (Lipinski definition) is 2. The van der Waals surface area contributed by atoms with Crippen LogP contribution in [0.2, 0.25) is 0 Å². The molecule has 2 aromatic carbocycles. The van der Waals surface area contributed by atoms with Crippen LogP contribution in [0.15, 0.2) is 41.5 Å². The van der Waals surface area contributed by atoms with Gasteiger partial charge in [0.2, 0.25) is 0 Å². The second kappa shape index (κ2) is 9.80. The normalized spacial score (nSPS) is 10.7. The Morgan fingerprint density at radius 3 is 2.40 bits per heavy atom. The monoisotopic (exact) mass is 566 g/mol. The summed E-state index contributed by atoms with van der Waals surface area (Å²) in [4.78, 5) is 11.8. The zero-order valence-corrected chi connectivity index (χ0v) is 17.6. The van der Waals surface area contributed by atoms with Gasteiger partial charge in [0, 0.05) is 0 Å². The number of hydrogen-bond acceptors (Lipinski definition) is 5. The maximum absolute atomic E-state index is 11.8. The number of hydrazone groups is 1. The Kier molecular flexibility index (Phi) is 7.75. The van der Waals surface area contributed by atoms with Crippen molar-refractivity contribution >= 4 is 57.3 Å². The molecule has 0 radical (unpaired) electrons. The van der Waals surface area contributed by atoms with E-state index in [9.17, 15) is 9.90 Å². The molecule has 0 heterocycles. The molecular formula is C17H16I2N2O4. The average molecular weight is 566 g/mol. The number of halogens is 2. The number of amides is 1. The summed E-state index contributed by atoms with van der Waals surface area (Å²) in [7, 11) is 0. The van der Waals surface area contributed by atoms with Gasteiger partial charge in [0.25, 0.3) is 5.91 Å². The van der Waals surface area contributed by atoms with Crippen LogP contribution in [-0.2, 0) is 4.79 Å². The second-order valence-corrected chi connectivity index (χ2v) is 7.12. The Balaban J connectivity index is 1.89. The largest absolute Gasteiger partial charge is 0.506 e. The number of carbonyl (C=O) groups is 1. The topological polar surface area (TPSA) is 80.2 Å². The molecule has 0 unspecified atom stereocenters. The lowest BCUT2D eigenvalue weighted by Gasteiger charge is -2.10. The fourth-order valence-corrected chi connectivity index (χ4v) is 3.67. The molecular weight excluding hydrogens is 550 g/mol. The highest BCUT2D eigenvalue weighted by atomic mass is 127. The number of carbonyl (C=O) groups excluding carboxylic acids is 1. The number of ether oxygens (including phenoxy) is 2. The van der Waals surface area contributed by atoms with Crippen LogP contribution >= 0.6 is 45.2 Å². The summed E-state index contributed by atoms with van der Waals surface area (Å²) in [6.07, 6.45) is 1.51. The summed E-state index contributed by atoms with van der Waals surface area (Å²) in [5.41, 5.74) is 3.18. The number of nitrogens with zero attached hydrogens (tertiary/aromatic N) is 1. The van der Waals surface area contributed by atoms with Gasteiger partial charge in [0.05, 0.1) is 20.0 Å². The predicted octanol–water partition coefficient (Wildman–Crippen LogP) is 3.53. The highest BCUT2D eigenvalue weighted by Gasteiger charge is 2.07. The standard InChI is InChI=1S/C17H16I2N2O4/c1-2-24-14-5-3-4-6-15(14)25-10-16(22)21-20-9-11-7-12(18)17(23)13(19)8-11/h3-9,23H,2,10H2,1H3,(H,21,22)/b20-9+. The van der Waals surface area contributed by atoms with Gasteiger partial charge < -0.3 is 14.6 Å². The molecule has 8 heteroatoms. The Morgan fingerprint density at radius 2 is 1.80 bits per heavy atom. The van der Waals surface area contributed by atoms with Crippen LogP contribution in [-0.4, -0.2) is 30.4 Å². The molecule has 2 rings (SSSR count). The van der Waals surface area contributed by atoms with Crippen molar-refractivity contribution < 1.29 is 19.4 Å². The van der Waals surface area contributed by atoms with Crippen LogP contribution in [0.4, 0.5) is 0 Å². The quantitative estimate of drug-likeness (QED) is 0.306. The Morgan fingerprint density at radius 1 is 1.20 bits per heavy atom. The number of para-hydroxylation sites is 2. The van der Waals surface area contributed by atoms with Crippen LogP contribution in [0.25, 0.3) is 0 Å². The summed E-state index contributed by atoms with van der Waals surface area (Å²) in [6.45, 7) is 2.22. The summed E-state index contributed by atoms with van der Waals surface area (Å²) in [5, 5.41) is 13.6. The van der Waals surface area contributed by atoms with E-state index in [4.69, 9.17) is 9.47 Å². The van der Waals surface area contributed by atoms with Gasteiger partial charge >= 0.3 is 0 Å². The van der Waals surface area contributed by atoms with E-state index in [1.807, 2.05) is 64.2 Å². The first-order valence-corrected chi connectivity index (χ1v) is 9.51. The summed E-state index contributed by atoms with van der Waals surface area (Å²) >= 11 is 4.07. The van der Waals surface area contributed by atoms with E-state index in [1.54, 1.807) is 24.3 Å². The zero-order chi connectivity index (χ0) is 18.2. The SMILES string of the molecule is CCOc1ccccc1OCC(=O)N/N=C/c1cc(I)c(O)c(I)c1. The molecule has 0 spiro atoms. The fourth-order valence-electron chi connectivity index (χ4n) is 1.86. The van der Waals surface area contributed by atoms with Gasteiger partial charge in [-0.25, -0.2) is 5.43 Å². The third-order valence-corrected chi connectivity index (χ3v) is 4.59. The van der Waals surface area contributed by atoms with Crippen molar-refractivity contribution in [3.8, 4) is 17.2 Å². The van der Waals surface area contributed by atoms with Crippen molar-refractivity contribution in [1.29, 1.82) is 0 Å². The lowest BCUT2D eigenvalue weighted by molar-refractivity contribution is -0.123. The lowest BCUT2D eigenvalue weighted by atomic mass is 10.2. The Labute approximate surface area is 172 Å². The summed E-state index contributed by atoms with van der Waals surface area (Å²) in [5.74, 6) is 0.954. The smallest absolute Gasteiger partial charge is 0.277 e. The van der Waals surface area contributed by atoms with Crippen molar-refractivity contribution in [2.45, 2.75) is 6.92 Å². The van der Waals surface area contributed by atoms with Crippen molar-refractivity contribution in [2.75, 3.05) is 13.2 Å². The van der Waals surface area contributed by atoms with Gasteiger partial charge in [-0.15, -0.1) is 0 Å². The highest BCUT2D eigenvalue weighted by Crippen LogP contribution is 2.27. The molecule has 1 amide bonds. The predicted molar refractivity (Wildman–Crippen MR) is 112 cm³/mol. The molecule has 0 aliphatic heterocycles. The van der Waals surface area contributed by atoms with Gasteiger partial charge in [-0.2, -0.15) is 5.10 Å². The van der Waals surface area contributed by atoms with Crippen LogP contribution in [0.5, 0.6) is 17.2 Å². The van der Waals surface area contributed by atoms with Gasteiger partial charge in [-0.05, 0) is 81.9 Å². The molecule has 0 aliphatic carbocycles. The summed E-state index contributed by atoms with van der Waals surface area (Å²) in [6, 6.07) is 10.7. The molecule has 2 N–H and O–H groups in total. The average Bonchev–Trinajstić information content (AvgIpc) is 2.59. The minimum atomic E-state index is -0.384. The number of phenols is 1. The Hall–Kier alpha value is -1.56. The molecule has 0 bridgehead atoms. The number of phenolic OH excluding ortho intramolecular Hbond substituents is 1. The van der Waals surface area contributed by atoms with E-state index in [-0.39, 0.29) is 18.3 Å². The molecule has 0 atom stereocenters. The van der Waals surface area contributed by atoms with Crippen LogP contribution in [0.3, 0.4) is 0 Å². The van der Waals surface area contributed by atoms with E-state index in [0.717, 1.165) is 5.56 Å². The molecule has 0 fully saturated rings. The first kappa shape index (κ1) is 19.8. The van der Waals surface area contributed by atoms with Gasteiger partial charge in [0.15, 0.2) is 18.1 Å². The third kappa shape index (κ3) is 6.03. The molecule has 132 valence electrons. The second-order valence-electron chi connectivity index (χ2n) is 4.79. The van der Waals surface area contributed by atoms with E-state index in [0.29, 0.717) is 25.2 Å². The van der Waals surface area contributed by atoms with Crippen molar-refractivity contribution in [2.24, 2.45) is 5.10 Å². The highest BCUT2D eigenvalue weighted by molar-refractivity contribution is 14.1. The number of rotatable bonds is 7. The van der Waals surface area contributed by atoms with Crippen LogP contribution in [0.1, 0.15) is 12.5 Å². The maximum Gasteiger partial charge on any atom is 0.277 e. The van der Waals surface area contributed by atoms with Crippen LogP contribution < -0.4 is 14.9 Å². The van der Waals surface area contributed by atoms with Gasteiger partial charge in [-0.3, -0.25) is 4.79 Å². The van der Waals surface area contributed by atoms with E-state index in [2.05, 4.69) is 10.5 Å². The molecule has 0 saturated heterocycles. The molecule has 0 aromatic heterocycles. The first-order valence-electron chi connectivity index (χ1n) is 7.35. The molecule has 0 aliphatic rings. The van der Waals surface area contributed by atoms with Crippen molar-refractivity contribution in [3.05, 3.63) is 49.1 Å². The Bertz CT molecular complexity index is 758. The summed E-state index contributed by atoms with van der Waals surface area (Å²) < 4.78 is 12.3. The minimum absolute atomic E-state index is 0.175. The third-order valence-electron chi connectivity index (χ3n) is 2.95. The number of nitrogens with one attached hydrogen (secondary N) is 1. The fraction of sp³-hybridized carbons (Fsp3) is 0.176. The number of benzene rings is 2. The van der Waals surface area contributed by atoms with Gasteiger partial charge in [0.1, 0.15) is 5.75 Å². The van der Waals surface area contributed by atoms with E-state index < -0.39 is 0 Å². The lowest BCUT2D eigenvalue weighted by Crippen LogP contribution is -2.24. The van der Waals surface area contributed by atoms with E-state index >= 15 is 0 Å². The van der Waals surface area contributed by atoms with Crippen molar-refractivity contribution in [1.82, 2.24) is 5.43 Å². The van der Waals surface area contributed by atoms with Crippen LogP contribution in [0, 0.1) is 7.14 Å². The maximum atomic E-state index is 11.8. The molecule has 0 saturated carbocycles. The molecule has 6 nitrogen and oxygen atoms in total. The van der Waals surface area contributed by atoms with Gasteiger partial charge in [-0.1, -0.05) is 12.1 Å². The number of aromatic hydroxyl groups is 1. The van der Waals surface area contributed by atoms with Crippen molar-refractivity contribution in [3.63, 3.8) is 0 Å². The van der Waals surface area contributed by atoms with E-state index in [1.165, 1.54) is 6.21 Å². The minimum Gasteiger partial charge on any atom is -0.506 e. The first-order chi connectivity index (χ1) is 12.0. The molecule has 25 heavy (non-hydrogen) atoms. The zero-order valence-electron chi connectivity index (χ0n) is 13.3. The molecule has 2 aromatic rings.